The molecule has 1 fully saturated rings. The number of hydrogen-bond acceptors (Lipinski definition) is 3. The minimum absolute atomic E-state index is 0.883. The molecule has 0 spiro atoms. The first-order chi connectivity index (χ1) is 7.86. The summed E-state index contributed by atoms with van der Waals surface area (Å²) in [5.74, 6) is 0.883. The zero-order valence-corrected chi connectivity index (χ0v) is 11.0. The summed E-state index contributed by atoms with van der Waals surface area (Å²) in [4.78, 5) is 2.61. The summed E-state index contributed by atoms with van der Waals surface area (Å²) in [7, 11) is 1.78. The van der Waals surface area contributed by atoms with Crippen LogP contribution in [0.4, 0.5) is 0 Å². The van der Waals surface area contributed by atoms with Gasteiger partial charge in [0.1, 0.15) is 0 Å². The topological polar surface area (TPSA) is 24.5 Å². The van der Waals surface area contributed by atoms with E-state index in [2.05, 4.69) is 17.1 Å². The van der Waals surface area contributed by atoms with Crippen LogP contribution in [-0.4, -0.2) is 51.3 Å². The summed E-state index contributed by atoms with van der Waals surface area (Å²) in [6, 6.07) is 0. The van der Waals surface area contributed by atoms with Gasteiger partial charge in [-0.1, -0.05) is 6.92 Å². The van der Waals surface area contributed by atoms with Crippen molar-refractivity contribution in [2.24, 2.45) is 5.92 Å². The molecule has 0 amide bonds. The molecule has 1 unspecified atom stereocenters. The van der Waals surface area contributed by atoms with E-state index in [0.717, 1.165) is 12.5 Å². The first-order valence-corrected chi connectivity index (χ1v) is 6.78. The number of likely N-dealkylation sites (tertiary alicyclic amines) is 1. The van der Waals surface area contributed by atoms with E-state index in [-0.39, 0.29) is 0 Å². The molecule has 0 aromatic carbocycles. The predicted molar refractivity (Wildman–Crippen MR) is 68.8 cm³/mol. The molecule has 3 heteroatoms. The zero-order valence-electron chi connectivity index (χ0n) is 11.0. The summed E-state index contributed by atoms with van der Waals surface area (Å²) < 4.78 is 5.06. The normalized spacial score (nSPS) is 21.8. The smallest absolute Gasteiger partial charge is 0.0462 e. The Morgan fingerprint density at radius 3 is 3.00 bits per heavy atom. The number of rotatable bonds is 9. The Bertz CT molecular complexity index is 164. The van der Waals surface area contributed by atoms with Crippen molar-refractivity contribution >= 4 is 0 Å². The fraction of sp³-hybridized carbons (Fsp3) is 1.00. The van der Waals surface area contributed by atoms with E-state index in [1.54, 1.807) is 7.11 Å². The van der Waals surface area contributed by atoms with Gasteiger partial charge in [0.15, 0.2) is 0 Å². The molecule has 0 bridgehead atoms. The third-order valence-corrected chi connectivity index (χ3v) is 3.30. The molecule has 1 N–H and O–H groups in total. The largest absolute Gasteiger partial charge is 0.385 e. The van der Waals surface area contributed by atoms with Gasteiger partial charge in [-0.25, -0.2) is 0 Å². The van der Waals surface area contributed by atoms with Crippen LogP contribution >= 0.6 is 0 Å². The minimum atomic E-state index is 0.883. The second-order valence-electron chi connectivity index (χ2n) is 4.86. The predicted octanol–water partition coefficient (Wildman–Crippen LogP) is 1.73. The molecule has 1 atom stereocenters. The Hall–Kier alpha value is -0.120. The van der Waals surface area contributed by atoms with Crippen LogP contribution in [-0.2, 0) is 4.74 Å². The van der Waals surface area contributed by atoms with Gasteiger partial charge < -0.3 is 15.0 Å². The van der Waals surface area contributed by atoms with Crippen LogP contribution in [0.5, 0.6) is 0 Å². The van der Waals surface area contributed by atoms with Crippen molar-refractivity contribution < 1.29 is 4.74 Å². The molecule has 0 saturated carbocycles. The zero-order chi connectivity index (χ0) is 11.6. The summed E-state index contributed by atoms with van der Waals surface area (Å²) in [5.41, 5.74) is 0. The third kappa shape index (κ3) is 5.83. The SMILES string of the molecule is CCCNCC1CCN(CCCCOC)C1. The number of methoxy groups -OCH3 is 1. The highest BCUT2D eigenvalue weighted by molar-refractivity contribution is 4.76. The maximum absolute atomic E-state index is 5.06. The van der Waals surface area contributed by atoms with E-state index < -0.39 is 0 Å². The lowest BCUT2D eigenvalue weighted by Gasteiger charge is -2.16. The molecule has 96 valence electrons. The number of nitrogens with one attached hydrogen (secondary N) is 1. The molecule has 1 aliphatic heterocycles. The average molecular weight is 228 g/mol. The van der Waals surface area contributed by atoms with Crippen LogP contribution < -0.4 is 5.32 Å². The molecule has 1 aliphatic rings. The van der Waals surface area contributed by atoms with E-state index in [0.29, 0.717) is 0 Å². The highest BCUT2D eigenvalue weighted by atomic mass is 16.5. The summed E-state index contributed by atoms with van der Waals surface area (Å²) >= 11 is 0. The fourth-order valence-electron chi connectivity index (χ4n) is 2.35. The Kier molecular flexibility index (Phi) is 7.81. The molecule has 1 rings (SSSR count). The summed E-state index contributed by atoms with van der Waals surface area (Å²) in [6.45, 7) is 9.37. The molecule has 1 saturated heterocycles. The van der Waals surface area contributed by atoms with Crippen molar-refractivity contribution in [1.82, 2.24) is 10.2 Å². The Balaban J connectivity index is 1.97. The molecule has 0 aliphatic carbocycles. The molecule has 16 heavy (non-hydrogen) atoms. The van der Waals surface area contributed by atoms with Crippen LogP contribution in [0.25, 0.3) is 0 Å². The van der Waals surface area contributed by atoms with E-state index in [9.17, 15) is 0 Å². The monoisotopic (exact) mass is 228 g/mol. The first-order valence-electron chi connectivity index (χ1n) is 6.78. The second-order valence-corrected chi connectivity index (χ2v) is 4.86. The number of unbranched alkanes of at least 4 members (excludes halogenated alkanes) is 1. The van der Waals surface area contributed by atoms with Crippen LogP contribution in [0.2, 0.25) is 0 Å². The number of hydrogen-bond donors (Lipinski definition) is 1. The highest BCUT2D eigenvalue weighted by Gasteiger charge is 2.21. The molecule has 0 aromatic rings. The van der Waals surface area contributed by atoms with Gasteiger partial charge in [-0.2, -0.15) is 0 Å². The quantitative estimate of drug-likeness (QED) is 0.608. The molecule has 0 aromatic heterocycles. The molecule has 3 nitrogen and oxygen atoms in total. The van der Waals surface area contributed by atoms with Gasteiger partial charge in [0, 0.05) is 20.3 Å². The second kappa shape index (κ2) is 8.97. The molecule has 0 radical (unpaired) electrons. The first kappa shape index (κ1) is 13.9. The Morgan fingerprint density at radius 1 is 1.38 bits per heavy atom. The lowest BCUT2D eigenvalue weighted by Crippen LogP contribution is -2.27. The van der Waals surface area contributed by atoms with E-state index in [1.807, 2.05) is 0 Å². The maximum Gasteiger partial charge on any atom is 0.0462 e. The van der Waals surface area contributed by atoms with Gasteiger partial charge in [-0.05, 0) is 57.8 Å². The molecular weight excluding hydrogens is 200 g/mol. The molecule has 1 heterocycles. The van der Waals surface area contributed by atoms with Crippen LogP contribution in [0, 0.1) is 5.92 Å². The standard InChI is InChI=1S/C13H28N2O/c1-3-7-14-11-13-6-9-15(12-13)8-4-5-10-16-2/h13-14H,3-12H2,1-2H3. The van der Waals surface area contributed by atoms with Gasteiger partial charge >= 0.3 is 0 Å². The number of ether oxygens (including phenoxy) is 1. The lowest BCUT2D eigenvalue weighted by molar-refractivity contribution is 0.186. The third-order valence-electron chi connectivity index (χ3n) is 3.30. The van der Waals surface area contributed by atoms with Gasteiger partial charge in [0.25, 0.3) is 0 Å². The van der Waals surface area contributed by atoms with Gasteiger partial charge in [0.05, 0.1) is 0 Å². The number of nitrogens with zero attached hydrogens (tertiary/aromatic N) is 1. The highest BCUT2D eigenvalue weighted by Crippen LogP contribution is 2.15. The summed E-state index contributed by atoms with van der Waals surface area (Å²) in [6.07, 6.45) is 5.10. The van der Waals surface area contributed by atoms with E-state index in [4.69, 9.17) is 4.74 Å². The van der Waals surface area contributed by atoms with Gasteiger partial charge in [0.2, 0.25) is 0 Å². The Morgan fingerprint density at radius 2 is 2.25 bits per heavy atom. The maximum atomic E-state index is 5.06. The van der Waals surface area contributed by atoms with Gasteiger partial charge in [-0.3, -0.25) is 0 Å². The van der Waals surface area contributed by atoms with Crippen molar-refractivity contribution in [1.29, 1.82) is 0 Å². The van der Waals surface area contributed by atoms with Crippen molar-refractivity contribution in [3.63, 3.8) is 0 Å². The van der Waals surface area contributed by atoms with Crippen LogP contribution in [0.15, 0.2) is 0 Å². The van der Waals surface area contributed by atoms with Crippen LogP contribution in [0.1, 0.15) is 32.6 Å². The van der Waals surface area contributed by atoms with Crippen molar-refractivity contribution in [2.45, 2.75) is 32.6 Å². The van der Waals surface area contributed by atoms with Crippen molar-refractivity contribution in [3.05, 3.63) is 0 Å². The Labute approximate surface area is 101 Å². The molecular formula is C13H28N2O. The van der Waals surface area contributed by atoms with Gasteiger partial charge in [-0.15, -0.1) is 0 Å². The lowest BCUT2D eigenvalue weighted by atomic mass is 10.1. The minimum Gasteiger partial charge on any atom is -0.385 e. The van der Waals surface area contributed by atoms with Crippen molar-refractivity contribution in [2.75, 3.05) is 46.4 Å². The van der Waals surface area contributed by atoms with Crippen molar-refractivity contribution in [3.8, 4) is 0 Å². The summed E-state index contributed by atoms with van der Waals surface area (Å²) in [5, 5.41) is 3.53. The average Bonchev–Trinajstić information content (AvgIpc) is 2.73. The van der Waals surface area contributed by atoms with E-state index >= 15 is 0 Å². The van der Waals surface area contributed by atoms with Crippen LogP contribution in [0.3, 0.4) is 0 Å². The fourth-order valence-corrected chi connectivity index (χ4v) is 2.35. The van der Waals surface area contributed by atoms with E-state index in [1.165, 1.54) is 58.4 Å².